The molecule has 1 N–H and O–H groups in total. The summed E-state index contributed by atoms with van der Waals surface area (Å²) < 4.78 is 24.2. The molecular weight excluding hydrogens is 309 g/mol. The molecule has 0 aliphatic rings. The third-order valence-electron chi connectivity index (χ3n) is 2.04. The van der Waals surface area contributed by atoms with Gasteiger partial charge in [0.2, 0.25) is 0 Å². The van der Waals surface area contributed by atoms with E-state index in [9.17, 15) is 13.4 Å². The van der Waals surface area contributed by atoms with Crippen LogP contribution in [0, 0.1) is 5.82 Å². The van der Waals surface area contributed by atoms with E-state index in [4.69, 9.17) is 0 Å². The molecule has 0 aliphatic heterocycles. The maximum absolute atomic E-state index is 13.0. The van der Waals surface area contributed by atoms with Gasteiger partial charge in [-0.1, -0.05) is 0 Å². The largest absolute Gasteiger partial charge is 0.349 e. The maximum Gasteiger partial charge on any atom is 0.251 e. The van der Waals surface area contributed by atoms with Gasteiger partial charge in [-0.25, -0.2) is 4.39 Å². The molecule has 0 saturated carbocycles. The molecule has 1 aromatic carbocycles. The van der Waals surface area contributed by atoms with Crippen molar-refractivity contribution in [1.82, 2.24) is 5.32 Å². The van der Waals surface area contributed by atoms with E-state index in [0.717, 1.165) is 0 Å². The Morgan fingerprint density at radius 1 is 1.59 bits per heavy atom. The first kappa shape index (κ1) is 14.3. The Labute approximate surface area is 110 Å². The van der Waals surface area contributed by atoms with E-state index >= 15 is 0 Å². The minimum absolute atomic E-state index is 0.183. The van der Waals surface area contributed by atoms with Crippen molar-refractivity contribution in [2.45, 2.75) is 13.0 Å². The van der Waals surface area contributed by atoms with Crippen molar-refractivity contribution < 1.29 is 13.4 Å². The van der Waals surface area contributed by atoms with Crippen LogP contribution in [-0.2, 0) is 10.8 Å². The molecule has 94 valence electrons. The van der Waals surface area contributed by atoms with Gasteiger partial charge >= 0.3 is 0 Å². The average Bonchev–Trinajstić information content (AvgIpc) is 2.20. The lowest BCUT2D eigenvalue weighted by Gasteiger charge is -2.12. The first-order valence-corrected chi connectivity index (χ1v) is 7.48. The second-order valence-electron chi connectivity index (χ2n) is 3.74. The van der Waals surface area contributed by atoms with Crippen molar-refractivity contribution in [3.63, 3.8) is 0 Å². The van der Waals surface area contributed by atoms with Gasteiger partial charge < -0.3 is 5.32 Å². The zero-order valence-corrected chi connectivity index (χ0v) is 11.9. The Morgan fingerprint density at radius 2 is 2.24 bits per heavy atom. The van der Waals surface area contributed by atoms with E-state index in [1.54, 1.807) is 13.2 Å². The van der Waals surface area contributed by atoms with Gasteiger partial charge in [0.15, 0.2) is 0 Å². The molecule has 2 atom stereocenters. The van der Waals surface area contributed by atoms with Gasteiger partial charge in [-0.2, -0.15) is 0 Å². The van der Waals surface area contributed by atoms with E-state index in [0.29, 0.717) is 11.3 Å². The van der Waals surface area contributed by atoms with Crippen molar-refractivity contribution in [2.75, 3.05) is 12.0 Å². The highest BCUT2D eigenvalue weighted by molar-refractivity contribution is 9.10. The standard InChI is InChI=1S/C11H13BrFNO2S/c1-7(6-17(2)16)14-11(15)8-3-4-10(13)9(12)5-8/h3-5,7H,6H2,1-2H3,(H,14,15). The number of rotatable bonds is 4. The Hall–Kier alpha value is -0.750. The lowest BCUT2D eigenvalue weighted by molar-refractivity contribution is 0.0943. The SMILES string of the molecule is CC(CS(C)=O)NC(=O)c1ccc(F)c(Br)c1. The Morgan fingerprint density at radius 3 is 2.76 bits per heavy atom. The molecule has 0 bridgehead atoms. The van der Waals surface area contributed by atoms with E-state index in [1.165, 1.54) is 18.2 Å². The van der Waals surface area contributed by atoms with Crippen LogP contribution < -0.4 is 5.32 Å². The van der Waals surface area contributed by atoms with Crippen LogP contribution in [0.5, 0.6) is 0 Å². The van der Waals surface area contributed by atoms with Crippen LogP contribution in [0.15, 0.2) is 22.7 Å². The summed E-state index contributed by atoms with van der Waals surface area (Å²) in [6.45, 7) is 1.78. The van der Waals surface area contributed by atoms with Gasteiger partial charge in [0.05, 0.1) is 4.47 Å². The fraction of sp³-hybridized carbons (Fsp3) is 0.364. The number of hydrogen-bond donors (Lipinski definition) is 1. The predicted octanol–water partition coefficient (Wildman–Crippen LogP) is 2.08. The number of hydrogen-bond acceptors (Lipinski definition) is 2. The van der Waals surface area contributed by atoms with Crippen molar-refractivity contribution in [1.29, 1.82) is 0 Å². The fourth-order valence-corrected chi connectivity index (χ4v) is 2.50. The molecule has 1 amide bonds. The Balaban J connectivity index is 2.70. The molecule has 0 fully saturated rings. The van der Waals surface area contributed by atoms with Crippen LogP contribution in [-0.4, -0.2) is 28.2 Å². The third kappa shape index (κ3) is 4.55. The molecule has 0 aliphatic carbocycles. The van der Waals surface area contributed by atoms with Crippen molar-refractivity contribution in [2.24, 2.45) is 0 Å². The molecule has 1 rings (SSSR count). The monoisotopic (exact) mass is 321 g/mol. The van der Waals surface area contributed by atoms with Gasteiger partial charge in [0.1, 0.15) is 5.82 Å². The fourth-order valence-electron chi connectivity index (χ4n) is 1.34. The Bertz CT molecular complexity index is 453. The number of nitrogens with one attached hydrogen (secondary N) is 1. The lowest BCUT2D eigenvalue weighted by atomic mass is 10.2. The highest BCUT2D eigenvalue weighted by Crippen LogP contribution is 2.16. The summed E-state index contributed by atoms with van der Waals surface area (Å²) >= 11 is 3.02. The van der Waals surface area contributed by atoms with Crippen LogP contribution in [0.2, 0.25) is 0 Å². The molecular formula is C11H13BrFNO2S. The summed E-state index contributed by atoms with van der Waals surface area (Å²) in [7, 11) is -0.961. The summed E-state index contributed by atoms with van der Waals surface area (Å²) in [5.74, 6) is -0.318. The molecule has 1 aromatic rings. The normalized spacial score (nSPS) is 14.1. The summed E-state index contributed by atoms with van der Waals surface area (Å²) in [6.07, 6.45) is 1.58. The van der Waals surface area contributed by atoms with Crippen LogP contribution >= 0.6 is 15.9 Å². The van der Waals surface area contributed by atoms with Crippen molar-refractivity contribution >= 4 is 32.6 Å². The van der Waals surface area contributed by atoms with Gasteiger partial charge in [-0.15, -0.1) is 0 Å². The van der Waals surface area contributed by atoms with E-state index in [2.05, 4.69) is 21.2 Å². The molecule has 0 heterocycles. The molecule has 6 heteroatoms. The predicted molar refractivity (Wildman–Crippen MR) is 70.0 cm³/mol. The molecule has 0 spiro atoms. The van der Waals surface area contributed by atoms with Crippen LogP contribution in [0.4, 0.5) is 4.39 Å². The summed E-state index contributed by atoms with van der Waals surface area (Å²) in [5, 5.41) is 2.70. The van der Waals surface area contributed by atoms with Gasteiger partial charge in [0.25, 0.3) is 5.91 Å². The van der Waals surface area contributed by atoms with Gasteiger partial charge in [-0.3, -0.25) is 9.00 Å². The minimum Gasteiger partial charge on any atom is -0.349 e. The number of benzene rings is 1. The molecule has 0 radical (unpaired) electrons. The van der Waals surface area contributed by atoms with E-state index < -0.39 is 16.6 Å². The number of carbonyl (C=O) groups is 1. The number of amides is 1. The van der Waals surface area contributed by atoms with E-state index in [1.807, 2.05) is 0 Å². The average molecular weight is 322 g/mol. The number of carbonyl (C=O) groups excluding carboxylic acids is 1. The quantitative estimate of drug-likeness (QED) is 0.923. The van der Waals surface area contributed by atoms with Gasteiger partial charge in [0, 0.05) is 34.4 Å². The maximum atomic E-state index is 13.0. The topological polar surface area (TPSA) is 46.2 Å². The second kappa shape index (κ2) is 6.26. The highest BCUT2D eigenvalue weighted by Gasteiger charge is 2.12. The molecule has 3 nitrogen and oxygen atoms in total. The molecule has 17 heavy (non-hydrogen) atoms. The van der Waals surface area contributed by atoms with Crippen molar-refractivity contribution in [3.05, 3.63) is 34.1 Å². The molecule has 0 saturated heterocycles. The van der Waals surface area contributed by atoms with Gasteiger partial charge in [-0.05, 0) is 41.1 Å². The van der Waals surface area contributed by atoms with Crippen molar-refractivity contribution in [3.8, 4) is 0 Å². The molecule has 2 unspecified atom stereocenters. The third-order valence-corrected chi connectivity index (χ3v) is 3.62. The summed E-state index contributed by atoms with van der Waals surface area (Å²) in [4.78, 5) is 11.7. The van der Waals surface area contributed by atoms with E-state index in [-0.39, 0.29) is 16.4 Å². The van der Waals surface area contributed by atoms with Crippen LogP contribution in [0.3, 0.4) is 0 Å². The zero-order valence-electron chi connectivity index (χ0n) is 9.50. The first-order valence-electron chi connectivity index (χ1n) is 4.96. The summed E-state index contributed by atoms with van der Waals surface area (Å²) in [6, 6.07) is 3.87. The smallest absolute Gasteiger partial charge is 0.251 e. The zero-order chi connectivity index (χ0) is 13.0. The minimum atomic E-state index is -0.961. The van der Waals surface area contributed by atoms with Crippen LogP contribution in [0.25, 0.3) is 0 Å². The molecule has 0 aromatic heterocycles. The summed E-state index contributed by atoms with van der Waals surface area (Å²) in [5.41, 5.74) is 0.368. The highest BCUT2D eigenvalue weighted by atomic mass is 79.9. The first-order chi connectivity index (χ1) is 7.90. The number of halogens is 2. The second-order valence-corrected chi connectivity index (χ2v) is 6.08. The Kier molecular flexibility index (Phi) is 5.27. The lowest BCUT2D eigenvalue weighted by Crippen LogP contribution is -2.36. The van der Waals surface area contributed by atoms with Crippen LogP contribution in [0.1, 0.15) is 17.3 Å².